The standard InChI is InChI=1S/C20H16ClN5O/c1-12(27)26-7-6-13-15(8-22)19(25)20(10-23,11-24)18(16(13)9-26)14-4-2-3-5-17(14)21/h2-6,16,18H,7,9,25H2,1H3/t16-,18+/m0/s1. The number of nitriles is 3. The van der Waals surface area contributed by atoms with E-state index in [1.807, 2.05) is 12.1 Å². The number of allylic oxidation sites excluding steroid dienone is 2. The predicted octanol–water partition coefficient (Wildman–Crippen LogP) is 2.61. The molecule has 1 aromatic carbocycles. The highest BCUT2D eigenvalue weighted by Gasteiger charge is 2.55. The van der Waals surface area contributed by atoms with Gasteiger partial charge >= 0.3 is 0 Å². The zero-order chi connectivity index (χ0) is 19.8. The van der Waals surface area contributed by atoms with Gasteiger partial charge in [0.25, 0.3) is 0 Å². The Morgan fingerprint density at radius 3 is 2.52 bits per heavy atom. The Bertz CT molecular complexity index is 990. The van der Waals surface area contributed by atoms with Crippen LogP contribution >= 0.6 is 11.6 Å². The summed E-state index contributed by atoms with van der Waals surface area (Å²) in [5.74, 6) is -1.26. The molecule has 0 spiro atoms. The number of halogens is 1. The smallest absolute Gasteiger partial charge is 0.219 e. The molecule has 7 heteroatoms. The van der Waals surface area contributed by atoms with Gasteiger partial charge in [-0.15, -0.1) is 0 Å². The molecule has 1 heterocycles. The average molecular weight is 378 g/mol. The molecule has 0 aromatic heterocycles. The van der Waals surface area contributed by atoms with E-state index >= 15 is 0 Å². The molecule has 1 aromatic rings. The minimum atomic E-state index is -1.75. The zero-order valence-corrected chi connectivity index (χ0v) is 15.4. The number of nitrogens with two attached hydrogens (primary N) is 1. The van der Waals surface area contributed by atoms with Crippen molar-refractivity contribution in [3.63, 3.8) is 0 Å². The van der Waals surface area contributed by atoms with Crippen LogP contribution < -0.4 is 5.73 Å². The number of carbonyl (C=O) groups excluding carboxylic acids is 1. The van der Waals surface area contributed by atoms with Gasteiger partial charge < -0.3 is 10.6 Å². The van der Waals surface area contributed by atoms with Gasteiger partial charge in [0.15, 0.2) is 5.41 Å². The maximum absolute atomic E-state index is 11.9. The lowest BCUT2D eigenvalue weighted by atomic mass is 9.58. The number of fused-ring (bicyclic) bond motifs is 1. The van der Waals surface area contributed by atoms with Gasteiger partial charge in [0.2, 0.25) is 5.91 Å². The summed E-state index contributed by atoms with van der Waals surface area (Å²) in [6.45, 7) is 2.09. The molecule has 1 aliphatic heterocycles. The van der Waals surface area contributed by atoms with Crippen molar-refractivity contribution in [1.29, 1.82) is 15.8 Å². The van der Waals surface area contributed by atoms with E-state index in [0.717, 1.165) is 0 Å². The maximum Gasteiger partial charge on any atom is 0.219 e. The fourth-order valence-electron chi connectivity index (χ4n) is 4.01. The van der Waals surface area contributed by atoms with E-state index in [9.17, 15) is 20.6 Å². The molecule has 0 fully saturated rings. The normalized spacial score (nSPS) is 23.4. The molecule has 0 bridgehead atoms. The molecule has 2 aliphatic rings. The zero-order valence-electron chi connectivity index (χ0n) is 14.6. The van der Waals surface area contributed by atoms with Gasteiger partial charge in [0.05, 0.1) is 23.4 Å². The van der Waals surface area contributed by atoms with Crippen LogP contribution in [-0.2, 0) is 4.79 Å². The summed E-state index contributed by atoms with van der Waals surface area (Å²) < 4.78 is 0. The van der Waals surface area contributed by atoms with Crippen LogP contribution in [0.5, 0.6) is 0 Å². The van der Waals surface area contributed by atoms with E-state index in [1.54, 1.807) is 35.2 Å². The number of benzene rings is 1. The van der Waals surface area contributed by atoms with E-state index in [2.05, 4.69) is 6.07 Å². The summed E-state index contributed by atoms with van der Waals surface area (Å²) >= 11 is 6.41. The molecule has 0 unspecified atom stereocenters. The van der Waals surface area contributed by atoms with Crippen LogP contribution in [0.2, 0.25) is 5.02 Å². The molecule has 0 saturated heterocycles. The maximum atomic E-state index is 11.9. The molecule has 134 valence electrons. The van der Waals surface area contributed by atoms with Crippen molar-refractivity contribution in [2.45, 2.75) is 12.8 Å². The van der Waals surface area contributed by atoms with Crippen LogP contribution in [0.4, 0.5) is 0 Å². The van der Waals surface area contributed by atoms with Gasteiger partial charge in [-0.3, -0.25) is 4.79 Å². The largest absolute Gasteiger partial charge is 0.399 e. The van der Waals surface area contributed by atoms with Gasteiger partial charge in [0, 0.05) is 36.9 Å². The summed E-state index contributed by atoms with van der Waals surface area (Å²) in [6.07, 6.45) is 1.78. The van der Waals surface area contributed by atoms with Gasteiger partial charge in [-0.2, -0.15) is 15.8 Å². The SMILES string of the molecule is CC(=O)N1CC=C2C(C#N)=C(N)C(C#N)(C#N)[C@H](c3ccccc3Cl)[C@H]2C1. The van der Waals surface area contributed by atoms with Gasteiger partial charge in [0.1, 0.15) is 6.07 Å². The predicted molar refractivity (Wildman–Crippen MR) is 98.5 cm³/mol. The van der Waals surface area contributed by atoms with Crippen LogP contribution in [0.1, 0.15) is 18.4 Å². The van der Waals surface area contributed by atoms with Crippen molar-refractivity contribution in [1.82, 2.24) is 4.90 Å². The van der Waals surface area contributed by atoms with Crippen molar-refractivity contribution in [3.05, 3.63) is 57.8 Å². The first-order valence-electron chi connectivity index (χ1n) is 8.34. The second-order valence-corrected chi connectivity index (χ2v) is 7.03. The average Bonchev–Trinajstić information content (AvgIpc) is 2.67. The van der Waals surface area contributed by atoms with Crippen molar-refractivity contribution in [3.8, 4) is 18.2 Å². The molecule has 27 heavy (non-hydrogen) atoms. The van der Waals surface area contributed by atoms with Gasteiger partial charge in [-0.05, 0) is 17.2 Å². The Morgan fingerprint density at radius 1 is 1.30 bits per heavy atom. The molecule has 2 atom stereocenters. The summed E-state index contributed by atoms with van der Waals surface area (Å²) in [6, 6.07) is 13.1. The number of carbonyl (C=O) groups is 1. The third kappa shape index (κ3) is 2.65. The fourth-order valence-corrected chi connectivity index (χ4v) is 4.26. The second kappa shape index (κ2) is 6.80. The first-order valence-corrected chi connectivity index (χ1v) is 8.72. The van der Waals surface area contributed by atoms with Crippen LogP contribution in [0, 0.1) is 45.3 Å². The lowest BCUT2D eigenvalue weighted by Gasteiger charge is -2.45. The lowest BCUT2D eigenvalue weighted by molar-refractivity contribution is -0.129. The van der Waals surface area contributed by atoms with Gasteiger partial charge in [-0.1, -0.05) is 35.9 Å². The van der Waals surface area contributed by atoms with E-state index in [-0.39, 0.29) is 23.7 Å². The van der Waals surface area contributed by atoms with Crippen molar-refractivity contribution < 1.29 is 4.79 Å². The van der Waals surface area contributed by atoms with E-state index in [1.165, 1.54) is 6.92 Å². The molecule has 0 radical (unpaired) electrons. The number of amides is 1. The first kappa shape index (κ1) is 18.5. The summed E-state index contributed by atoms with van der Waals surface area (Å²) in [4.78, 5) is 13.6. The molecule has 6 nitrogen and oxygen atoms in total. The molecule has 0 saturated carbocycles. The Hall–Kier alpha value is -3.27. The first-order chi connectivity index (χ1) is 12.9. The van der Waals surface area contributed by atoms with E-state index in [0.29, 0.717) is 22.7 Å². The van der Waals surface area contributed by atoms with Gasteiger partial charge in [-0.25, -0.2) is 0 Å². The molecule has 3 rings (SSSR count). The molecule has 1 amide bonds. The molecular formula is C20H16ClN5O. The lowest BCUT2D eigenvalue weighted by Crippen LogP contribution is -2.49. The van der Waals surface area contributed by atoms with Crippen LogP contribution in [0.25, 0.3) is 0 Å². The monoisotopic (exact) mass is 377 g/mol. The number of nitrogens with zero attached hydrogens (tertiary/aromatic N) is 4. The molecule has 1 aliphatic carbocycles. The highest BCUT2D eigenvalue weighted by molar-refractivity contribution is 6.31. The summed E-state index contributed by atoms with van der Waals surface area (Å²) in [5.41, 5.74) is 5.82. The topological polar surface area (TPSA) is 118 Å². The Kier molecular flexibility index (Phi) is 4.66. The van der Waals surface area contributed by atoms with E-state index in [4.69, 9.17) is 17.3 Å². The highest BCUT2D eigenvalue weighted by atomic mass is 35.5. The Balaban J connectivity index is 2.35. The van der Waals surface area contributed by atoms with Crippen molar-refractivity contribution >= 4 is 17.5 Å². The van der Waals surface area contributed by atoms with Crippen LogP contribution in [0.3, 0.4) is 0 Å². The Labute approximate surface area is 162 Å². The van der Waals surface area contributed by atoms with Crippen molar-refractivity contribution in [2.75, 3.05) is 13.1 Å². The third-order valence-electron chi connectivity index (χ3n) is 5.35. The van der Waals surface area contributed by atoms with Crippen LogP contribution in [0.15, 0.2) is 47.2 Å². The highest BCUT2D eigenvalue weighted by Crippen LogP contribution is 2.55. The molecule has 2 N–H and O–H groups in total. The number of hydrogen-bond acceptors (Lipinski definition) is 5. The second-order valence-electron chi connectivity index (χ2n) is 6.62. The number of hydrogen-bond donors (Lipinski definition) is 1. The van der Waals surface area contributed by atoms with Crippen molar-refractivity contribution in [2.24, 2.45) is 17.1 Å². The molecular weight excluding hydrogens is 362 g/mol. The van der Waals surface area contributed by atoms with Crippen LogP contribution in [-0.4, -0.2) is 23.9 Å². The fraction of sp³-hybridized carbons (Fsp3) is 0.300. The number of rotatable bonds is 1. The third-order valence-corrected chi connectivity index (χ3v) is 5.69. The van der Waals surface area contributed by atoms with E-state index < -0.39 is 17.3 Å². The minimum Gasteiger partial charge on any atom is -0.399 e. The quantitative estimate of drug-likeness (QED) is 0.806. The Morgan fingerprint density at radius 2 is 1.96 bits per heavy atom. The summed E-state index contributed by atoms with van der Waals surface area (Å²) in [7, 11) is 0. The summed E-state index contributed by atoms with van der Waals surface area (Å²) in [5, 5.41) is 30.0. The minimum absolute atomic E-state index is 0.0568.